The second kappa shape index (κ2) is 9.03. The summed E-state index contributed by atoms with van der Waals surface area (Å²) in [6, 6.07) is 4.27. The van der Waals surface area contributed by atoms with Crippen molar-refractivity contribution >= 4 is 18.5 Å². The Labute approximate surface area is 172 Å². The molecule has 29 heavy (non-hydrogen) atoms. The monoisotopic (exact) mass is 395 g/mol. The van der Waals surface area contributed by atoms with E-state index in [1.54, 1.807) is 42.8 Å². The highest BCUT2D eigenvalue weighted by molar-refractivity contribution is 5.93. The van der Waals surface area contributed by atoms with E-state index in [-0.39, 0.29) is 23.9 Å². The van der Waals surface area contributed by atoms with Crippen molar-refractivity contribution in [2.24, 2.45) is 4.99 Å². The maximum atomic E-state index is 12.7. The number of likely N-dealkylation sites (tertiary alicyclic amines) is 1. The van der Waals surface area contributed by atoms with Crippen LogP contribution < -0.4 is 5.32 Å². The van der Waals surface area contributed by atoms with Crippen LogP contribution in [0.2, 0.25) is 0 Å². The summed E-state index contributed by atoms with van der Waals surface area (Å²) in [5, 5.41) is 3.40. The predicted molar refractivity (Wildman–Crippen MR) is 113 cm³/mol. The number of fused-ring (bicyclic) bond motifs is 1. The number of hydrogen-bond acceptors (Lipinski definition) is 5. The fraction of sp³-hybridized carbons (Fsp3) is 0.455. The Kier molecular flexibility index (Phi) is 6.46. The van der Waals surface area contributed by atoms with Gasteiger partial charge in [0.25, 0.3) is 0 Å². The van der Waals surface area contributed by atoms with E-state index in [2.05, 4.69) is 28.1 Å². The van der Waals surface area contributed by atoms with Crippen LogP contribution in [0.4, 0.5) is 0 Å². The summed E-state index contributed by atoms with van der Waals surface area (Å²) in [5.41, 5.74) is 2.94. The number of hydrogen-bond donors (Lipinski definition) is 1. The first-order valence-corrected chi connectivity index (χ1v) is 9.99. The average molecular weight is 396 g/mol. The van der Waals surface area contributed by atoms with Gasteiger partial charge in [0.2, 0.25) is 11.8 Å². The van der Waals surface area contributed by atoms with Gasteiger partial charge < -0.3 is 15.1 Å². The van der Waals surface area contributed by atoms with Gasteiger partial charge in [0.05, 0.1) is 12.1 Å². The van der Waals surface area contributed by atoms with Crippen LogP contribution in [0.5, 0.6) is 0 Å². The molecule has 2 aliphatic rings. The molecule has 1 aromatic rings. The van der Waals surface area contributed by atoms with Crippen LogP contribution in [0.1, 0.15) is 44.0 Å². The third-order valence-corrected chi connectivity index (χ3v) is 5.79. The molecule has 0 spiro atoms. The smallest absolute Gasteiger partial charge is 0.249 e. The molecule has 0 bridgehead atoms. The lowest BCUT2D eigenvalue weighted by Gasteiger charge is -2.23. The van der Waals surface area contributed by atoms with E-state index in [1.165, 1.54) is 5.56 Å². The SMILES string of the molecule is C=N/C(=C\C=C(/C)C(=O)N1CC[C@H](N(C)C(C)=O)C1)NC1CCc2ncccc21. The van der Waals surface area contributed by atoms with Gasteiger partial charge >= 0.3 is 0 Å². The maximum Gasteiger partial charge on any atom is 0.249 e. The van der Waals surface area contributed by atoms with E-state index >= 15 is 0 Å². The van der Waals surface area contributed by atoms with E-state index in [1.807, 2.05) is 12.3 Å². The van der Waals surface area contributed by atoms with Crippen LogP contribution >= 0.6 is 0 Å². The van der Waals surface area contributed by atoms with Gasteiger partial charge in [0.15, 0.2) is 0 Å². The number of carbonyl (C=O) groups is 2. The first-order valence-electron chi connectivity index (χ1n) is 9.99. The van der Waals surface area contributed by atoms with Crippen LogP contribution in [0.15, 0.2) is 46.9 Å². The van der Waals surface area contributed by atoms with Gasteiger partial charge in [0.1, 0.15) is 5.82 Å². The summed E-state index contributed by atoms with van der Waals surface area (Å²) in [5.74, 6) is 0.643. The number of nitrogens with zero attached hydrogens (tertiary/aromatic N) is 4. The van der Waals surface area contributed by atoms with Crippen molar-refractivity contribution < 1.29 is 9.59 Å². The van der Waals surface area contributed by atoms with Crippen LogP contribution in [0.3, 0.4) is 0 Å². The Morgan fingerprint density at radius 3 is 2.86 bits per heavy atom. The highest BCUT2D eigenvalue weighted by atomic mass is 16.2. The van der Waals surface area contributed by atoms with E-state index in [4.69, 9.17) is 0 Å². The van der Waals surface area contributed by atoms with Gasteiger partial charge in [0, 0.05) is 44.5 Å². The van der Waals surface area contributed by atoms with Crippen molar-refractivity contribution in [1.29, 1.82) is 0 Å². The molecule has 7 heteroatoms. The maximum absolute atomic E-state index is 12.7. The lowest BCUT2D eigenvalue weighted by molar-refractivity contribution is -0.131. The topological polar surface area (TPSA) is 77.9 Å². The number of amides is 2. The lowest BCUT2D eigenvalue weighted by atomic mass is 10.1. The van der Waals surface area contributed by atoms with Gasteiger partial charge in [-0.1, -0.05) is 12.1 Å². The summed E-state index contributed by atoms with van der Waals surface area (Å²) in [7, 11) is 1.79. The Bertz CT molecular complexity index is 861. The van der Waals surface area contributed by atoms with E-state index < -0.39 is 0 Å². The molecule has 0 saturated carbocycles. The molecule has 2 heterocycles. The minimum atomic E-state index is -0.0143. The lowest BCUT2D eigenvalue weighted by Crippen LogP contribution is -2.39. The van der Waals surface area contributed by atoms with Gasteiger partial charge in [-0.3, -0.25) is 14.6 Å². The van der Waals surface area contributed by atoms with Crippen molar-refractivity contribution in [3.8, 4) is 0 Å². The van der Waals surface area contributed by atoms with Gasteiger partial charge in [-0.15, -0.1) is 0 Å². The van der Waals surface area contributed by atoms with E-state index in [0.29, 0.717) is 24.5 Å². The molecule has 1 saturated heterocycles. The van der Waals surface area contributed by atoms with Crippen LogP contribution in [-0.4, -0.2) is 59.5 Å². The number of pyridine rings is 1. The van der Waals surface area contributed by atoms with Crippen molar-refractivity contribution in [2.75, 3.05) is 20.1 Å². The Hall–Kier alpha value is -2.96. The number of allylic oxidation sites excluding steroid dienone is 2. The van der Waals surface area contributed by atoms with Crippen molar-refractivity contribution in [3.63, 3.8) is 0 Å². The highest BCUT2D eigenvalue weighted by Crippen LogP contribution is 2.30. The molecular formula is C22H29N5O2. The molecule has 1 aliphatic heterocycles. The molecule has 1 fully saturated rings. The number of aliphatic imine (C=N–C) groups is 1. The van der Waals surface area contributed by atoms with Crippen molar-refractivity contribution in [3.05, 3.63) is 53.1 Å². The fourth-order valence-corrected chi connectivity index (χ4v) is 3.91. The molecule has 1 N–H and O–H groups in total. The summed E-state index contributed by atoms with van der Waals surface area (Å²) in [4.78, 5) is 36.3. The molecule has 0 radical (unpaired) electrons. The fourth-order valence-electron chi connectivity index (χ4n) is 3.91. The summed E-state index contributed by atoms with van der Waals surface area (Å²) in [6.45, 7) is 8.23. The van der Waals surface area contributed by atoms with Gasteiger partial charge in [-0.25, -0.2) is 4.99 Å². The molecule has 1 aromatic heterocycles. The second-order valence-corrected chi connectivity index (χ2v) is 7.66. The molecule has 1 unspecified atom stereocenters. The van der Waals surface area contributed by atoms with Crippen molar-refractivity contribution in [2.45, 2.75) is 45.2 Å². The first kappa shape index (κ1) is 20.8. The minimum Gasteiger partial charge on any atom is -0.363 e. The largest absolute Gasteiger partial charge is 0.363 e. The van der Waals surface area contributed by atoms with Crippen molar-refractivity contribution in [1.82, 2.24) is 20.1 Å². The standard InChI is InChI=1S/C22H29N5O2/c1-15(22(29)27-13-11-17(14-27)26(4)16(2)28)7-10-21(23-3)25-20-9-8-19-18(20)6-5-12-24-19/h5-7,10,12,17,20,25H,3,8-9,11,13-14H2,1-2,4H3/b15-7+,21-10+/t17-,20?/m0/s1. The third kappa shape index (κ3) is 4.72. The van der Waals surface area contributed by atoms with Gasteiger partial charge in [-0.2, -0.15) is 0 Å². The number of carbonyl (C=O) groups excluding carboxylic acids is 2. The highest BCUT2D eigenvalue weighted by Gasteiger charge is 2.30. The van der Waals surface area contributed by atoms with E-state index in [0.717, 1.165) is 25.0 Å². The Morgan fingerprint density at radius 1 is 1.34 bits per heavy atom. The zero-order valence-electron chi connectivity index (χ0n) is 17.4. The third-order valence-electron chi connectivity index (χ3n) is 5.79. The van der Waals surface area contributed by atoms with Crippen LogP contribution in [0.25, 0.3) is 0 Å². The minimum absolute atomic E-state index is 0.0143. The molecule has 1 aliphatic carbocycles. The number of nitrogens with one attached hydrogen (secondary N) is 1. The molecular weight excluding hydrogens is 366 g/mol. The van der Waals surface area contributed by atoms with E-state index in [9.17, 15) is 9.59 Å². The Balaban J connectivity index is 1.62. The first-order chi connectivity index (χ1) is 13.9. The quantitative estimate of drug-likeness (QED) is 0.455. The summed E-state index contributed by atoms with van der Waals surface area (Å²) < 4.78 is 0. The van der Waals surface area contributed by atoms with Gasteiger partial charge in [-0.05, 0) is 50.6 Å². The molecule has 2 atom stereocenters. The zero-order valence-corrected chi connectivity index (χ0v) is 17.4. The zero-order chi connectivity index (χ0) is 21.0. The number of aryl methyl sites for hydroxylation is 1. The Morgan fingerprint density at radius 2 is 2.14 bits per heavy atom. The molecule has 2 amide bonds. The second-order valence-electron chi connectivity index (χ2n) is 7.66. The van der Waals surface area contributed by atoms with Crippen LogP contribution in [-0.2, 0) is 16.0 Å². The number of rotatable bonds is 6. The number of likely N-dealkylation sites (N-methyl/N-ethyl adjacent to an activating group) is 1. The molecule has 7 nitrogen and oxygen atoms in total. The average Bonchev–Trinajstić information content (AvgIpc) is 3.37. The predicted octanol–water partition coefficient (Wildman–Crippen LogP) is 2.23. The molecule has 3 rings (SSSR count). The summed E-state index contributed by atoms with van der Waals surface area (Å²) in [6.07, 6.45) is 8.10. The number of aromatic nitrogens is 1. The summed E-state index contributed by atoms with van der Waals surface area (Å²) >= 11 is 0. The molecule has 0 aromatic carbocycles. The molecule has 154 valence electrons. The van der Waals surface area contributed by atoms with Crippen LogP contribution in [0, 0.1) is 0 Å². The normalized spacial score (nSPS) is 21.7.